The third-order valence-electron chi connectivity index (χ3n) is 5.83. The lowest BCUT2D eigenvalue weighted by molar-refractivity contribution is 0.348. The summed E-state index contributed by atoms with van der Waals surface area (Å²) in [7, 11) is 0. The zero-order valence-electron chi connectivity index (χ0n) is 17.9. The van der Waals surface area contributed by atoms with Crippen molar-refractivity contribution < 1.29 is 0 Å². The summed E-state index contributed by atoms with van der Waals surface area (Å²) in [5.41, 5.74) is 17.2. The number of fused-ring (bicyclic) bond motifs is 1. The van der Waals surface area contributed by atoms with Crippen molar-refractivity contribution in [1.29, 1.82) is 0 Å². The van der Waals surface area contributed by atoms with Crippen LogP contribution in [-0.2, 0) is 6.42 Å². The Balaban J connectivity index is 2.17. The number of aryl methyl sites for hydroxylation is 2. The fourth-order valence-electron chi connectivity index (χ4n) is 4.75. The molecular weight excluding hydrogens is 326 g/mol. The van der Waals surface area contributed by atoms with Gasteiger partial charge in [-0.25, -0.2) is 0 Å². The number of allylic oxidation sites excluding steroid dienone is 1. The van der Waals surface area contributed by atoms with Gasteiger partial charge < -0.3 is 5.73 Å². The molecule has 0 fully saturated rings. The van der Waals surface area contributed by atoms with Gasteiger partial charge in [-0.05, 0) is 95.9 Å². The van der Waals surface area contributed by atoms with E-state index < -0.39 is 0 Å². The van der Waals surface area contributed by atoms with E-state index in [4.69, 9.17) is 5.73 Å². The third kappa shape index (κ3) is 4.29. The van der Waals surface area contributed by atoms with Crippen LogP contribution in [0.5, 0.6) is 0 Å². The fourth-order valence-corrected chi connectivity index (χ4v) is 4.75. The van der Waals surface area contributed by atoms with Gasteiger partial charge in [0.1, 0.15) is 0 Å². The van der Waals surface area contributed by atoms with Gasteiger partial charge in [-0.2, -0.15) is 0 Å². The Labute approximate surface area is 165 Å². The number of hydrogen-bond donors (Lipinski definition) is 1. The molecule has 1 atom stereocenters. The van der Waals surface area contributed by atoms with Gasteiger partial charge in [-0.15, -0.1) is 0 Å². The lowest BCUT2D eigenvalue weighted by Gasteiger charge is -2.28. The zero-order valence-corrected chi connectivity index (χ0v) is 17.9. The highest BCUT2D eigenvalue weighted by Crippen LogP contribution is 2.42. The van der Waals surface area contributed by atoms with Crippen molar-refractivity contribution in [2.75, 3.05) is 5.73 Å². The van der Waals surface area contributed by atoms with Crippen LogP contribution in [0.15, 0.2) is 30.3 Å². The SMILES string of the molecule is Cc1cc(N)c(C)c(C(C)CC(C)(C)C)c1-c1ccc2c(c1)CCCC=C2. The molecule has 2 aromatic rings. The highest BCUT2D eigenvalue weighted by molar-refractivity contribution is 5.78. The molecule has 144 valence electrons. The molecule has 0 radical (unpaired) electrons. The normalized spacial score (nSPS) is 15.3. The van der Waals surface area contributed by atoms with Crippen molar-refractivity contribution in [2.24, 2.45) is 5.41 Å². The third-order valence-corrected chi connectivity index (χ3v) is 5.83. The average Bonchev–Trinajstić information content (AvgIpc) is 2.80. The van der Waals surface area contributed by atoms with Crippen molar-refractivity contribution in [2.45, 2.75) is 73.1 Å². The van der Waals surface area contributed by atoms with E-state index in [0.717, 1.165) is 18.5 Å². The van der Waals surface area contributed by atoms with Crippen molar-refractivity contribution in [3.05, 3.63) is 58.2 Å². The molecule has 0 spiro atoms. The van der Waals surface area contributed by atoms with E-state index in [-0.39, 0.29) is 0 Å². The summed E-state index contributed by atoms with van der Waals surface area (Å²) in [6.45, 7) is 13.7. The maximum absolute atomic E-state index is 6.39. The minimum Gasteiger partial charge on any atom is -0.398 e. The molecule has 1 unspecified atom stereocenters. The number of nitrogens with two attached hydrogens (primary N) is 1. The van der Waals surface area contributed by atoms with Crippen LogP contribution >= 0.6 is 0 Å². The molecule has 1 aliphatic carbocycles. The molecule has 1 nitrogen and oxygen atoms in total. The largest absolute Gasteiger partial charge is 0.398 e. The first-order valence-corrected chi connectivity index (χ1v) is 10.4. The summed E-state index contributed by atoms with van der Waals surface area (Å²) in [5.74, 6) is 0.473. The lowest BCUT2D eigenvalue weighted by atomic mass is 9.77. The number of rotatable bonds is 3. The summed E-state index contributed by atoms with van der Waals surface area (Å²) >= 11 is 0. The van der Waals surface area contributed by atoms with Gasteiger partial charge in [0.25, 0.3) is 0 Å². The standard InChI is InChI=1S/C26H35N/c1-17-14-23(27)19(3)24(18(2)16-26(4,5)6)25(17)22-13-12-20-10-8-7-9-11-21(20)15-22/h8,10,12-15,18H,7,9,11,16,27H2,1-6H3. The molecule has 0 heterocycles. The molecule has 2 aromatic carbocycles. The summed E-state index contributed by atoms with van der Waals surface area (Å²) in [6.07, 6.45) is 9.32. The topological polar surface area (TPSA) is 26.0 Å². The molecule has 0 amide bonds. The summed E-state index contributed by atoms with van der Waals surface area (Å²) in [6, 6.07) is 9.19. The Morgan fingerprint density at radius 1 is 1.11 bits per heavy atom. The molecular formula is C26H35N. The van der Waals surface area contributed by atoms with E-state index in [1.807, 2.05) is 0 Å². The smallest absolute Gasteiger partial charge is 0.0349 e. The minimum absolute atomic E-state index is 0.292. The first-order valence-electron chi connectivity index (χ1n) is 10.4. The van der Waals surface area contributed by atoms with Crippen LogP contribution in [0.4, 0.5) is 5.69 Å². The van der Waals surface area contributed by atoms with Crippen LogP contribution in [0.1, 0.15) is 80.7 Å². The van der Waals surface area contributed by atoms with Crippen LogP contribution in [-0.4, -0.2) is 0 Å². The number of nitrogen functional groups attached to an aromatic ring is 1. The van der Waals surface area contributed by atoms with Gasteiger partial charge in [0.2, 0.25) is 0 Å². The first-order chi connectivity index (χ1) is 12.7. The van der Waals surface area contributed by atoms with Crippen molar-refractivity contribution in [3.8, 4) is 11.1 Å². The predicted octanol–water partition coefficient (Wildman–Crippen LogP) is 7.44. The Kier molecular flexibility index (Phi) is 5.51. The van der Waals surface area contributed by atoms with Gasteiger partial charge in [0, 0.05) is 5.69 Å². The van der Waals surface area contributed by atoms with Crippen molar-refractivity contribution in [3.63, 3.8) is 0 Å². The fraction of sp³-hybridized carbons (Fsp3) is 0.462. The Hall–Kier alpha value is -2.02. The summed E-state index contributed by atoms with van der Waals surface area (Å²) < 4.78 is 0. The van der Waals surface area contributed by atoms with Crippen LogP contribution in [0, 0.1) is 19.3 Å². The van der Waals surface area contributed by atoms with E-state index in [1.54, 1.807) is 0 Å². The quantitative estimate of drug-likeness (QED) is 0.565. The van der Waals surface area contributed by atoms with E-state index in [9.17, 15) is 0 Å². The molecule has 1 heteroatoms. The summed E-state index contributed by atoms with van der Waals surface area (Å²) in [5, 5.41) is 0. The second-order valence-electron chi connectivity index (χ2n) is 9.57. The van der Waals surface area contributed by atoms with Crippen LogP contribution < -0.4 is 5.73 Å². The predicted molar refractivity (Wildman–Crippen MR) is 120 cm³/mol. The minimum atomic E-state index is 0.292. The number of anilines is 1. The maximum Gasteiger partial charge on any atom is 0.0349 e. The van der Waals surface area contributed by atoms with E-state index in [0.29, 0.717) is 11.3 Å². The highest BCUT2D eigenvalue weighted by Gasteiger charge is 2.23. The van der Waals surface area contributed by atoms with E-state index in [2.05, 4.69) is 78.0 Å². The van der Waals surface area contributed by atoms with Crippen LogP contribution in [0.2, 0.25) is 0 Å². The van der Waals surface area contributed by atoms with Gasteiger partial charge >= 0.3 is 0 Å². The zero-order chi connectivity index (χ0) is 19.8. The van der Waals surface area contributed by atoms with E-state index in [1.165, 1.54) is 51.8 Å². The molecule has 0 bridgehead atoms. The van der Waals surface area contributed by atoms with Crippen LogP contribution in [0.25, 0.3) is 17.2 Å². The molecule has 27 heavy (non-hydrogen) atoms. The van der Waals surface area contributed by atoms with Gasteiger partial charge in [0.05, 0.1) is 0 Å². The van der Waals surface area contributed by atoms with E-state index >= 15 is 0 Å². The second kappa shape index (κ2) is 7.54. The average molecular weight is 362 g/mol. The second-order valence-corrected chi connectivity index (χ2v) is 9.57. The molecule has 0 saturated carbocycles. The summed E-state index contributed by atoms with van der Waals surface area (Å²) in [4.78, 5) is 0. The van der Waals surface area contributed by atoms with Crippen LogP contribution in [0.3, 0.4) is 0 Å². The van der Waals surface area contributed by atoms with Gasteiger partial charge in [-0.3, -0.25) is 0 Å². The molecule has 0 saturated heterocycles. The Morgan fingerprint density at radius 2 is 1.85 bits per heavy atom. The van der Waals surface area contributed by atoms with Gasteiger partial charge in [0.15, 0.2) is 0 Å². The molecule has 1 aliphatic rings. The number of benzene rings is 2. The van der Waals surface area contributed by atoms with Crippen molar-refractivity contribution >= 4 is 11.8 Å². The first kappa shape index (κ1) is 19.7. The van der Waals surface area contributed by atoms with Crippen molar-refractivity contribution in [1.82, 2.24) is 0 Å². The lowest BCUT2D eigenvalue weighted by Crippen LogP contribution is -2.13. The Bertz CT molecular complexity index is 865. The Morgan fingerprint density at radius 3 is 2.56 bits per heavy atom. The molecule has 0 aliphatic heterocycles. The molecule has 2 N–H and O–H groups in total. The highest BCUT2D eigenvalue weighted by atomic mass is 14.6. The monoisotopic (exact) mass is 361 g/mol. The maximum atomic E-state index is 6.39. The molecule has 3 rings (SSSR count). The van der Waals surface area contributed by atoms with Gasteiger partial charge in [-0.1, -0.05) is 58.0 Å². The molecule has 0 aromatic heterocycles. The number of hydrogen-bond acceptors (Lipinski definition) is 1.